The van der Waals surface area contributed by atoms with Crippen LogP contribution in [0.15, 0.2) is 24.3 Å². The monoisotopic (exact) mass is 230 g/mol. The van der Waals surface area contributed by atoms with Gasteiger partial charge in [0.15, 0.2) is 0 Å². The van der Waals surface area contributed by atoms with Crippen molar-refractivity contribution in [3.8, 4) is 0 Å². The molecule has 2 aromatic rings. The lowest BCUT2D eigenvalue weighted by Gasteiger charge is -2.06. The fourth-order valence-corrected chi connectivity index (χ4v) is 2.57. The van der Waals surface area contributed by atoms with Gasteiger partial charge in [-0.3, -0.25) is 0 Å². The molecule has 0 aliphatic carbocycles. The lowest BCUT2D eigenvalue weighted by molar-refractivity contribution is 0.726. The highest BCUT2D eigenvalue weighted by atomic mass is 15.0. The maximum atomic E-state index is 3.21. The van der Waals surface area contributed by atoms with Crippen molar-refractivity contribution in [1.29, 1.82) is 0 Å². The van der Waals surface area contributed by atoms with E-state index in [1.165, 1.54) is 28.6 Å². The molecule has 1 N–H and O–H groups in total. The molecule has 2 heteroatoms. The van der Waals surface area contributed by atoms with Gasteiger partial charge in [0.25, 0.3) is 0 Å². The minimum absolute atomic E-state index is 1.05. The highest BCUT2D eigenvalue weighted by molar-refractivity contribution is 5.84. The second-order valence-corrected chi connectivity index (χ2v) is 4.59. The maximum Gasteiger partial charge on any atom is 0.0485 e. The van der Waals surface area contributed by atoms with Gasteiger partial charge in [0.2, 0.25) is 0 Å². The molecule has 0 atom stereocenters. The van der Waals surface area contributed by atoms with Crippen molar-refractivity contribution in [3.05, 3.63) is 35.5 Å². The van der Waals surface area contributed by atoms with Gasteiger partial charge in [-0.15, -0.1) is 0 Å². The van der Waals surface area contributed by atoms with E-state index in [0.717, 1.165) is 19.5 Å². The van der Waals surface area contributed by atoms with Gasteiger partial charge in [-0.05, 0) is 58.0 Å². The number of aryl methyl sites for hydroxylation is 3. The van der Waals surface area contributed by atoms with E-state index in [-0.39, 0.29) is 0 Å². The minimum Gasteiger partial charge on any atom is -0.345 e. The third-order valence-corrected chi connectivity index (χ3v) is 3.43. The van der Waals surface area contributed by atoms with Crippen molar-refractivity contribution in [2.75, 3.05) is 13.6 Å². The normalized spacial score (nSPS) is 11.2. The summed E-state index contributed by atoms with van der Waals surface area (Å²) in [6.45, 7) is 6.54. The number of hydrogen-bond acceptors (Lipinski definition) is 1. The molecule has 1 heterocycles. The van der Waals surface area contributed by atoms with Crippen LogP contribution in [0.25, 0.3) is 10.9 Å². The highest BCUT2D eigenvalue weighted by Crippen LogP contribution is 2.24. The summed E-state index contributed by atoms with van der Waals surface area (Å²) in [5.41, 5.74) is 4.23. The molecule has 1 aromatic carbocycles. The molecular weight excluding hydrogens is 208 g/mol. The van der Waals surface area contributed by atoms with Gasteiger partial charge in [0.1, 0.15) is 0 Å². The van der Waals surface area contributed by atoms with Crippen molar-refractivity contribution in [1.82, 2.24) is 9.88 Å². The molecule has 0 bridgehead atoms. The highest BCUT2D eigenvalue weighted by Gasteiger charge is 2.07. The van der Waals surface area contributed by atoms with Crippen LogP contribution in [0.3, 0.4) is 0 Å². The number of nitrogens with zero attached hydrogens (tertiary/aromatic N) is 1. The van der Waals surface area contributed by atoms with Crippen molar-refractivity contribution in [2.45, 2.75) is 33.2 Å². The van der Waals surface area contributed by atoms with Crippen LogP contribution in [-0.2, 0) is 13.0 Å². The number of benzene rings is 1. The van der Waals surface area contributed by atoms with Gasteiger partial charge in [-0.25, -0.2) is 0 Å². The fraction of sp³-hybridized carbons (Fsp3) is 0.467. The average Bonchev–Trinajstić information content (AvgIpc) is 2.66. The summed E-state index contributed by atoms with van der Waals surface area (Å²) >= 11 is 0. The van der Waals surface area contributed by atoms with Crippen LogP contribution in [0.4, 0.5) is 0 Å². The molecule has 0 aliphatic rings. The Labute approximate surface area is 104 Å². The lowest BCUT2D eigenvalue weighted by Crippen LogP contribution is -2.08. The predicted molar refractivity (Wildman–Crippen MR) is 74.6 cm³/mol. The summed E-state index contributed by atoms with van der Waals surface area (Å²) in [7, 11) is 2.01. The number of rotatable bonds is 5. The largest absolute Gasteiger partial charge is 0.345 e. The van der Waals surface area contributed by atoms with Gasteiger partial charge >= 0.3 is 0 Å². The molecule has 0 fully saturated rings. The van der Waals surface area contributed by atoms with E-state index in [2.05, 4.69) is 48.0 Å². The first-order valence-corrected chi connectivity index (χ1v) is 6.50. The van der Waals surface area contributed by atoms with Crippen LogP contribution in [0, 0.1) is 6.92 Å². The van der Waals surface area contributed by atoms with E-state index in [0.29, 0.717) is 0 Å². The molecule has 0 amide bonds. The molecule has 2 rings (SSSR count). The van der Waals surface area contributed by atoms with Crippen LogP contribution in [0.5, 0.6) is 0 Å². The SMILES string of the molecule is CCn1c(C)cc2c(CCCNC)cccc21. The lowest BCUT2D eigenvalue weighted by atomic mass is 10.1. The topological polar surface area (TPSA) is 17.0 Å². The van der Waals surface area contributed by atoms with Gasteiger partial charge in [0.05, 0.1) is 0 Å². The molecule has 92 valence electrons. The molecule has 0 aliphatic heterocycles. The molecule has 0 saturated heterocycles. The first-order chi connectivity index (χ1) is 8.27. The molecule has 0 spiro atoms. The molecular formula is C15H22N2. The Hall–Kier alpha value is -1.28. The summed E-state index contributed by atoms with van der Waals surface area (Å²) in [4.78, 5) is 0. The second kappa shape index (κ2) is 5.37. The Bertz CT molecular complexity index is 497. The summed E-state index contributed by atoms with van der Waals surface area (Å²) in [6, 6.07) is 9.00. The van der Waals surface area contributed by atoms with Crippen LogP contribution >= 0.6 is 0 Å². The smallest absolute Gasteiger partial charge is 0.0485 e. The van der Waals surface area contributed by atoms with Crippen molar-refractivity contribution in [3.63, 3.8) is 0 Å². The summed E-state index contributed by atoms with van der Waals surface area (Å²) in [5.74, 6) is 0. The Kier molecular flexibility index (Phi) is 3.85. The van der Waals surface area contributed by atoms with E-state index < -0.39 is 0 Å². The van der Waals surface area contributed by atoms with Crippen LogP contribution in [0.1, 0.15) is 24.6 Å². The maximum absolute atomic E-state index is 3.21. The van der Waals surface area contributed by atoms with Crippen molar-refractivity contribution in [2.24, 2.45) is 0 Å². The first kappa shape index (κ1) is 12.2. The average molecular weight is 230 g/mol. The van der Waals surface area contributed by atoms with Crippen molar-refractivity contribution >= 4 is 10.9 Å². The Morgan fingerprint density at radius 1 is 1.29 bits per heavy atom. The van der Waals surface area contributed by atoms with Crippen LogP contribution in [-0.4, -0.2) is 18.2 Å². The van der Waals surface area contributed by atoms with Crippen LogP contribution in [0.2, 0.25) is 0 Å². The van der Waals surface area contributed by atoms with E-state index >= 15 is 0 Å². The van der Waals surface area contributed by atoms with E-state index in [9.17, 15) is 0 Å². The molecule has 0 saturated carbocycles. The van der Waals surface area contributed by atoms with E-state index in [4.69, 9.17) is 0 Å². The molecule has 1 aromatic heterocycles. The van der Waals surface area contributed by atoms with Gasteiger partial charge in [0, 0.05) is 23.1 Å². The molecule has 0 radical (unpaired) electrons. The number of hydrogen-bond donors (Lipinski definition) is 1. The summed E-state index contributed by atoms with van der Waals surface area (Å²) in [6.07, 6.45) is 2.36. The van der Waals surface area contributed by atoms with Crippen molar-refractivity contribution < 1.29 is 0 Å². The Morgan fingerprint density at radius 3 is 2.82 bits per heavy atom. The zero-order valence-corrected chi connectivity index (χ0v) is 11.1. The third-order valence-electron chi connectivity index (χ3n) is 3.43. The first-order valence-electron chi connectivity index (χ1n) is 6.50. The third kappa shape index (κ3) is 2.37. The van der Waals surface area contributed by atoms with Crippen LogP contribution < -0.4 is 5.32 Å². The zero-order chi connectivity index (χ0) is 12.3. The Morgan fingerprint density at radius 2 is 2.12 bits per heavy atom. The standard InChI is InChI=1S/C15H22N2/c1-4-17-12(2)11-14-13(8-6-10-16-3)7-5-9-15(14)17/h5,7,9,11,16H,4,6,8,10H2,1-3H3. The van der Waals surface area contributed by atoms with Gasteiger partial charge in [-0.1, -0.05) is 12.1 Å². The van der Waals surface area contributed by atoms with E-state index in [1.807, 2.05) is 7.05 Å². The molecule has 0 unspecified atom stereocenters. The number of fused-ring (bicyclic) bond motifs is 1. The predicted octanol–water partition coefficient (Wildman–Crippen LogP) is 3.12. The summed E-state index contributed by atoms with van der Waals surface area (Å²) in [5, 5.41) is 4.64. The molecule has 2 nitrogen and oxygen atoms in total. The molecule has 17 heavy (non-hydrogen) atoms. The van der Waals surface area contributed by atoms with Gasteiger partial charge < -0.3 is 9.88 Å². The quantitative estimate of drug-likeness (QED) is 0.781. The second-order valence-electron chi connectivity index (χ2n) is 4.59. The fourth-order valence-electron chi connectivity index (χ4n) is 2.57. The zero-order valence-electron chi connectivity index (χ0n) is 11.1. The number of nitrogens with one attached hydrogen (secondary N) is 1. The Balaban J connectivity index is 2.37. The van der Waals surface area contributed by atoms with E-state index in [1.54, 1.807) is 0 Å². The summed E-state index contributed by atoms with van der Waals surface area (Å²) < 4.78 is 2.39. The van der Waals surface area contributed by atoms with Gasteiger partial charge in [-0.2, -0.15) is 0 Å². The number of aromatic nitrogens is 1. The minimum atomic E-state index is 1.05.